The Labute approximate surface area is 265 Å². The number of aromatic nitrogens is 3. The van der Waals surface area contributed by atoms with Crippen LogP contribution < -0.4 is 10.6 Å². The van der Waals surface area contributed by atoms with Gasteiger partial charge in [-0.3, -0.25) is 14.3 Å². The largest absolute Gasteiger partial charge is 0.417 e. The van der Waals surface area contributed by atoms with Gasteiger partial charge in [0.15, 0.2) is 0 Å². The lowest BCUT2D eigenvalue weighted by Crippen LogP contribution is -2.58. The summed E-state index contributed by atoms with van der Waals surface area (Å²) in [5.41, 5.74) is -0.467. The number of piperazine rings is 1. The van der Waals surface area contributed by atoms with Crippen LogP contribution in [-0.2, 0) is 17.5 Å². The van der Waals surface area contributed by atoms with Crippen molar-refractivity contribution < 1.29 is 22.4 Å². The van der Waals surface area contributed by atoms with Crippen LogP contribution in [0.3, 0.4) is 0 Å². The molecular weight excluding hydrogens is 630 g/mol. The standard InChI is InChI=1S/C32H28ClF4N5O2S/c1-4-26(43)42-17(2)13-40(14-18(42)3)30-23-11-24(32(35,36)37)27(19-5-7-21(34)8-6-19)29-28(23)41(31(44)39-30)15-20(16-45-29)22-9-10-38-12-25(22)33/h4-12,17-18,20H,1,13-16H2,2-3H3/t17-,18+,20-/m0/s1. The Kier molecular flexibility index (Phi) is 8.15. The van der Waals surface area contributed by atoms with E-state index in [1.807, 2.05) is 13.8 Å². The maximum absolute atomic E-state index is 15.0. The van der Waals surface area contributed by atoms with Crippen LogP contribution in [0.5, 0.6) is 0 Å². The van der Waals surface area contributed by atoms with Gasteiger partial charge in [-0.05, 0) is 55.3 Å². The summed E-state index contributed by atoms with van der Waals surface area (Å²) in [4.78, 5) is 38.6. The third-order valence-corrected chi connectivity index (χ3v) is 9.93. The minimum atomic E-state index is -4.79. The maximum Gasteiger partial charge on any atom is 0.417 e. The van der Waals surface area contributed by atoms with Crippen LogP contribution in [-0.4, -0.2) is 56.3 Å². The Bertz CT molecular complexity index is 1870. The smallest absolute Gasteiger partial charge is 0.352 e. The fourth-order valence-electron chi connectivity index (χ4n) is 6.47. The third kappa shape index (κ3) is 5.58. The minimum Gasteiger partial charge on any atom is -0.352 e. The van der Waals surface area contributed by atoms with Gasteiger partial charge in [-0.15, -0.1) is 11.8 Å². The molecule has 1 saturated heterocycles. The predicted octanol–water partition coefficient (Wildman–Crippen LogP) is 6.77. The lowest BCUT2D eigenvalue weighted by atomic mass is 9.95. The van der Waals surface area contributed by atoms with Gasteiger partial charge < -0.3 is 9.80 Å². The first-order valence-electron chi connectivity index (χ1n) is 14.3. The average molecular weight is 658 g/mol. The Morgan fingerprint density at radius 3 is 2.42 bits per heavy atom. The van der Waals surface area contributed by atoms with E-state index in [2.05, 4.69) is 16.5 Å². The summed E-state index contributed by atoms with van der Waals surface area (Å²) in [6.45, 7) is 7.85. The molecule has 1 amide bonds. The molecule has 6 rings (SSSR count). The number of thioether (sulfide) groups is 1. The molecule has 3 atom stereocenters. The molecule has 0 spiro atoms. The van der Waals surface area contributed by atoms with Gasteiger partial charge in [0.05, 0.1) is 16.1 Å². The van der Waals surface area contributed by atoms with Gasteiger partial charge >= 0.3 is 11.9 Å². The highest BCUT2D eigenvalue weighted by molar-refractivity contribution is 7.99. The zero-order chi connectivity index (χ0) is 32.2. The Balaban J connectivity index is 1.63. The van der Waals surface area contributed by atoms with Crippen molar-refractivity contribution in [3.05, 3.63) is 93.9 Å². The minimum absolute atomic E-state index is 0.119. The number of carbonyl (C=O) groups excluding carboxylic acids is 1. The second-order valence-corrected chi connectivity index (χ2v) is 12.8. The van der Waals surface area contributed by atoms with Crippen LogP contribution in [0.1, 0.15) is 30.9 Å². The first kappa shape index (κ1) is 31.1. The summed E-state index contributed by atoms with van der Waals surface area (Å²) >= 11 is 7.69. The molecule has 0 N–H and O–H groups in total. The fourth-order valence-corrected chi connectivity index (χ4v) is 8.12. The lowest BCUT2D eigenvalue weighted by Gasteiger charge is -2.44. The molecule has 4 aromatic rings. The Morgan fingerprint density at radius 1 is 1.11 bits per heavy atom. The van der Waals surface area contributed by atoms with Crippen molar-refractivity contribution in [2.75, 3.05) is 23.7 Å². The van der Waals surface area contributed by atoms with E-state index >= 15 is 0 Å². The van der Waals surface area contributed by atoms with Crippen molar-refractivity contribution in [2.45, 2.75) is 49.5 Å². The number of hydrogen-bond acceptors (Lipinski definition) is 6. The number of nitrogens with zero attached hydrogens (tertiary/aromatic N) is 5. The zero-order valence-corrected chi connectivity index (χ0v) is 25.9. The number of halogens is 5. The van der Waals surface area contributed by atoms with Gasteiger partial charge in [-0.25, -0.2) is 9.18 Å². The Morgan fingerprint density at radius 2 is 1.80 bits per heavy atom. The number of hydrogen-bond donors (Lipinski definition) is 0. The van der Waals surface area contributed by atoms with Gasteiger partial charge in [-0.1, -0.05) is 30.3 Å². The molecule has 2 aromatic carbocycles. The molecule has 2 aliphatic heterocycles. The van der Waals surface area contributed by atoms with E-state index in [1.54, 1.807) is 22.1 Å². The van der Waals surface area contributed by atoms with Crippen LogP contribution in [0.25, 0.3) is 22.0 Å². The monoisotopic (exact) mass is 657 g/mol. The molecule has 2 aromatic heterocycles. The van der Waals surface area contributed by atoms with Crippen molar-refractivity contribution in [3.63, 3.8) is 0 Å². The topological polar surface area (TPSA) is 71.3 Å². The highest BCUT2D eigenvalue weighted by atomic mass is 35.5. The highest BCUT2D eigenvalue weighted by Gasteiger charge is 2.40. The summed E-state index contributed by atoms with van der Waals surface area (Å²) in [6.07, 6.45) is -0.490. The summed E-state index contributed by atoms with van der Waals surface area (Å²) < 4.78 is 60.2. The molecule has 0 unspecified atom stereocenters. The molecule has 4 heterocycles. The molecule has 0 radical (unpaired) electrons. The zero-order valence-electron chi connectivity index (χ0n) is 24.3. The van der Waals surface area contributed by atoms with E-state index < -0.39 is 23.2 Å². The number of pyridine rings is 1. The van der Waals surface area contributed by atoms with Crippen LogP contribution >= 0.6 is 23.4 Å². The van der Waals surface area contributed by atoms with Gasteiger partial charge in [-0.2, -0.15) is 18.2 Å². The summed E-state index contributed by atoms with van der Waals surface area (Å²) in [6, 6.07) is 6.98. The van der Waals surface area contributed by atoms with Gasteiger partial charge in [0.2, 0.25) is 5.91 Å². The number of rotatable bonds is 4. The quantitative estimate of drug-likeness (QED) is 0.178. The van der Waals surface area contributed by atoms with Crippen molar-refractivity contribution >= 4 is 46.0 Å². The van der Waals surface area contributed by atoms with Crippen LogP contribution in [0, 0.1) is 5.82 Å². The number of anilines is 1. The van der Waals surface area contributed by atoms with Crippen LogP contribution in [0.15, 0.2) is 71.1 Å². The van der Waals surface area contributed by atoms with Crippen molar-refractivity contribution in [3.8, 4) is 11.1 Å². The first-order valence-corrected chi connectivity index (χ1v) is 15.6. The number of alkyl halides is 3. The van der Waals surface area contributed by atoms with Gasteiger partial charge in [0.1, 0.15) is 11.6 Å². The van der Waals surface area contributed by atoms with E-state index in [4.69, 9.17) is 11.6 Å². The number of carbonyl (C=O) groups is 1. The van der Waals surface area contributed by atoms with Crippen molar-refractivity contribution in [1.29, 1.82) is 0 Å². The van der Waals surface area contributed by atoms with Crippen molar-refractivity contribution in [1.82, 2.24) is 19.4 Å². The second kappa shape index (κ2) is 11.8. The van der Waals surface area contributed by atoms with E-state index in [-0.39, 0.29) is 70.8 Å². The summed E-state index contributed by atoms with van der Waals surface area (Å²) in [7, 11) is 0. The van der Waals surface area contributed by atoms with Gasteiger partial charge in [0, 0.05) is 71.6 Å². The molecule has 2 aliphatic rings. The lowest BCUT2D eigenvalue weighted by molar-refractivity contribution is -0.137. The molecule has 234 valence electrons. The second-order valence-electron chi connectivity index (χ2n) is 11.3. The normalized spacial score (nSPS) is 20.3. The van der Waals surface area contributed by atoms with E-state index in [1.165, 1.54) is 40.7 Å². The van der Waals surface area contributed by atoms with Crippen LogP contribution in [0.4, 0.5) is 23.4 Å². The average Bonchev–Trinajstić information content (AvgIpc) is 3.19. The Hall–Kier alpha value is -3.90. The van der Waals surface area contributed by atoms with Crippen LogP contribution in [0.2, 0.25) is 5.02 Å². The molecule has 0 saturated carbocycles. The highest BCUT2D eigenvalue weighted by Crippen LogP contribution is 2.49. The predicted molar refractivity (Wildman–Crippen MR) is 167 cm³/mol. The molecular formula is C32H28ClF4N5O2S. The molecule has 13 heteroatoms. The molecule has 1 fully saturated rings. The number of benzene rings is 2. The molecule has 45 heavy (non-hydrogen) atoms. The SMILES string of the molecule is C=CC(=O)N1[C@H](C)CN(c2nc(=O)n3c4c(c(-c5ccc(F)cc5)c(C(F)(F)F)cc24)SC[C@@H](c2ccncc2Cl)C3)C[C@@H]1C. The molecule has 7 nitrogen and oxygen atoms in total. The van der Waals surface area contributed by atoms with E-state index in [0.29, 0.717) is 21.9 Å². The van der Waals surface area contributed by atoms with E-state index in [0.717, 1.165) is 18.2 Å². The molecule has 0 bridgehead atoms. The number of amides is 1. The van der Waals surface area contributed by atoms with Crippen molar-refractivity contribution in [2.24, 2.45) is 0 Å². The van der Waals surface area contributed by atoms with Gasteiger partial charge in [0.25, 0.3) is 0 Å². The maximum atomic E-state index is 15.0. The fraction of sp³-hybridized carbons (Fsp3) is 0.312. The first-order chi connectivity index (χ1) is 21.4. The molecule has 0 aliphatic carbocycles. The summed E-state index contributed by atoms with van der Waals surface area (Å²) in [5.74, 6) is -0.762. The third-order valence-electron chi connectivity index (χ3n) is 8.36. The summed E-state index contributed by atoms with van der Waals surface area (Å²) in [5, 5.41) is 0.548. The van der Waals surface area contributed by atoms with E-state index in [9.17, 15) is 27.2 Å².